The molecule has 6 heteroatoms. The third-order valence-corrected chi connectivity index (χ3v) is 6.25. The zero-order valence-corrected chi connectivity index (χ0v) is 20.5. The Morgan fingerprint density at radius 1 is 0.649 bits per heavy atom. The van der Waals surface area contributed by atoms with Gasteiger partial charge in [0, 0.05) is 35.7 Å². The van der Waals surface area contributed by atoms with E-state index >= 15 is 0 Å². The van der Waals surface area contributed by atoms with Crippen LogP contribution in [0.3, 0.4) is 0 Å². The van der Waals surface area contributed by atoms with Crippen LogP contribution in [-0.2, 0) is 6.54 Å². The van der Waals surface area contributed by atoms with Crippen LogP contribution < -0.4 is 16.4 Å². The summed E-state index contributed by atoms with van der Waals surface area (Å²) in [5.74, 6) is -0.181. The van der Waals surface area contributed by atoms with Crippen LogP contribution in [-0.4, -0.2) is 24.2 Å². The molecule has 0 spiro atoms. The molecule has 6 nitrogen and oxygen atoms in total. The molecule has 0 fully saturated rings. The standard InChI is InChI=1S/C31H30N4O2/c32-29(33)25-15-17-27(18-16-25)31(37)35-21-22-11-13-26(14-12-22)30(36)34-20-19-28(23-7-3-1-4-8-23)24-9-5-2-6-10-24/h1-18,28H,19-21H2,(H3,32,33)(H,34,36)(H,35,37). The van der Waals surface area contributed by atoms with Gasteiger partial charge in [0.2, 0.25) is 0 Å². The summed E-state index contributed by atoms with van der Waals surface area (Å²) in [7, 11) is 0. The molecule has 0 aliphatic carbocycles. The Kier molecular flexibility index (Phi) is 8.45. The van der Waals surface area contributed by atoms with E-state index in [1.807, 2.05) is 48.5 Å². The molecule has 0 unspecified atom stereocenters. The number of amidine groups is 1. The molecule has 4 aromatic rings. The average molecular weight is 491 g/mol. The van der Waals surface area contributed by atoms with Gasteiger partial charge in [0.1, 0.15) is 5.84 Å². The maximum atomic E-state index is 12.7. The molecule has 4 rings (SSSR count). The number of hydrogen-bond acceptors (Lipinski definition) is 3. The number of carbonyl (C=O) groups excluding carboxylic acids is 2. The molecule has 0 bridgehead atoms. The molecule has 186 valence electrons. The van der Waals surface area contributed by atoms with Crippen molar-refractivity contribution in [1.82, 2.24) is 10.6 Å². The Balaban J connectivity index is 1.29. The molecule has 0 aromatic heterocycles. The fraction of sp³-hybridized carbons (Fsp3) is 0.129. The van der Waals surface area contributed by atoms with E-state index in [0.717, 1.165) is 12.0 Å². The van der Waals surface area contributed by atoms with E-state index in [1.165, 1.54) is 11.1 Å². The summed E-state index contributed by atoms with van der Waals surface area (Å²) in [4.78, 5) is 25.1. The lowest BCUT2D eigenvalue weighted by atomic mass is 9.88. The minimum absolute atomic E-state index is 0.0386. The number of rotatable bonds is 10. The summed E-state index contributed by atoms with van der Waals surface area (Å²) < 4.78 is 0. The zero-order valence-electron chi connectivity index (χ0n) is 20.5. The van der Waals surface area contributed by atoms with Gasteiger partial charge in [0.05, 0.1) is 0 Å². The van der Waals surface area contributed by atoms with E-state index in [0.29, 0.717) is 29.8 Å². The Labute approximate surface area is 217 Å². The predicted octanol–water partition coefficient (Wildman–Crippen LogP) is 4.85. The highest BCUT2D eigenvalue weighted by Crippen LogP contribution is 2.27. The van der Waals surface area contributed by atoms with Crippen molar-refractivity contribution in [1.29, 1.82) is 5.41 Å². The van der Waals surface area contributed by atoms with E-state index in [-0.39, 0.29) is 23.6 Å². The van der Waals surface area contributed by atoms with Crippen molar-refractivity contribution in [3.05, 3.63) is 143 Å². The minimum atomic E-state index is -0.219. The molecule has 0 radical (unpaired) electrons. The molecule has 0 heterocycles. The van der Waals surface area contributed by atoms with Gasteiger partial charge in [-0.25, -0.2) is 0 Å². The fourth-order valence-electron chi connectivity index (χ4n) is 4.19. The van der Waals surface area contributed by atoms with Crippen LogP contribution in [0.25, 0.3) is 0 Å². The highest BCUT2D eigenvalue weighted by molar-refractivity contribution is 5.98. The summed E-state index contributed by atoms with van der Waals surface area (Å²) in [5, 5.41) is 13.3. The number of benzene rings is 4. The van der Waals surface area contributed by atoms with Crippen molar-refractivity contribution in [2.45, 2.75) is 18.9 Å². The second-order valence-electron chi connectivity index (χ2n) is 8.79. The zero-order chi connectivity index (χ0) is 26.0. The van der Waals surface area contributed by atoms with E-state index in [2.05, 4.69) is 34.9 Å². The van der Waals surface area contributed by atoms with Crippen molar-refractivity contribution < 1.29 is 9.59 Å². The SMILES string of the molecule is N=C(N)c1ccc(C(=O)NCc2ccc(C(=O)NCCC(c3ccccc3)c3ccccc3)cc2)cc1. The fourth-order valence-corrected chi connectivity index (χ4v) is 4.19. The Hall–Kier alpha value is -4.71. The third-order valence-electron chi connectivity index (χ3n) is 6.25. The number of carbonyl (C=O) groups is 2. The van der Waals surface area contributed by atoms with Crippen LogP contribution >= 0.6 is 0 Å². The summed E-state index contributed by atoms with van der Waals surface area (Å²) in [6.45, 7) is 0.887. The van der Waals surface area contributed by atoms with Gasteiger partial charge in [0.25, 0.3) is 11.8 Å². The number of hydrogen-bond donors (Lipinski definition) is 4. The number of nitrogens with two attached hydrogens (primary N) is 1. The monoisotopic (exact) mass is 490 g/mol. The first-order valence-corrected chi connectivity index (χ1v) is 12.2. The first-order chi connectivity index (χ1) is 18.0. The molecule has 37 heavy (non-hydrogen) atoms. The lowest BCUT2D eigenvalue weighted by Crippen LogP contribution is -2.26. The topological polar surface area (TPSA) is 108 Å². The molecule has 5 N–H and O–H groups in total. The molecule has 0 saturated heterocycles. The highest BCUT2D eigenvalue weighted by atomic mass is 16.2. The van der Waals surface area contributed by atoms with E-state index in [9.17, 15) is 9.59 Å². The number of nitrogens with one attached hydrogen (secondary N) is 3. The molecule has 0 aliphatic heterocycles. The summed E-state index contributed by atoms with van der Waals surface area (Å²) >= 11 is 0. The predicted molar refractivity (Wildman–Crippen MR) is 147 cm³/mol. The summed E-state index contributed by atoms with van der Waals surface area (Å²) in [5.41, 5.74) is 10.4. The minimum Gasteiger partial charge on any atom is -0.384 e. The highest BCUT2D eigenvalue weighted by Gasteiger charge is 2.15. The second-order valence-corrected chi connectivity index (χ2v) is 8.79. The van der Waals surface area contributed by atoms with Crippen LogP contribution in [0.1, 0.15) is 55.3 Å². The van der Waals surface area contributed by atoms with Gasteiger partial charge in [-0.05, 0) is 47.4 Å². The second kappa shape index (κ2) is 12.3. The molecular weight excluding hydrogens is 460 g/mol. The molecule has 0 atom stereocenters. The van der Waals surface area contributed by atoms with Gasteiger partial charge in [-0.15, -0.1) is 0 Å². The number of amides is 2. The Morgan fingerprint density at radius 2 is 1.11 bits per heavy atom. The van der Waals surface area contributed by atoms with Gasteiger partial charge >= 0.3 is 0 Å². The van der Waals surface area contributed by atoms with Gasteiger partial charge < -0.3 is 16.4 Å². The van der Waals surface area contributed by atoms with Gasteiger partial charge in [-0.1, -0.05) is 84.9 Å². The molecule has 2 amide bonds. The average Bonchev–Trinajstić information content (AvgIpc) is 2.95. The van der Waals surface area contributed by atoms with Crippen LogP contribution in [0.15, 0.2) is 109 Å². The molecule has 0 saturated carbocycles. The van der Waals surface area contributed by atoms with Crippen molar-refractivity contribution in [2.75, 3.05) is 6.54 Å². The van der Waals surface area contributed by atoms with Gasteiger partial charge in [-0.3, -0.25) is 15.0 Å². The quantitative estimate of drug-likeness (QED) is 0.188. The largest absolute Gasteiger partial charge is 0.384 e. The van der Waals surface area contributed by atoms with E-state index in [4.69, 9.17) is 11.1 Å². The Morgan fingerprint density at radius 3 is 1.62 bits per heavy atom. The van der Waals surface area contributed by atoms with Crippen LogP contribution in [0.4, 0.5) is 0 Å². The third kappa shape index (κ3) is 6.92. The molecular formula is C31H30N4O2. The van der Waals surface area contributed by atoms with Gasteiger partial charge in [-0.2, -0.15) is 0 Å². The number of nitrogen functional groups attached to an aromatic ring is 1. The Bertz CT molecular complexity index is 1300. The van der Waals surface area contributed by atoms with E-state index < -0.39 is 0 Å². The lowest BCUT2D eigenvalue weighted by molar-refractivity contribution is 0.0942. The maximum absolute atomic E-state index is 12.7. The van der Waals surface area contributed by atoms with Gasteiger partial charge in [0.15, 0.2) is 0 Å². The molecule has 4 aromatic carbocycles. The van der Waals surface area contributed by atoms with Crippen LogP contribution in [0, 0.1) is 5.41 Å². The van der Waals surface area contributed by atoms with Crippen molar-refractivity contribution in [2.24, 2.45) is 5.73 Å². The maximum Gasteiger partial charge on any atom is 0.251 e. The van der Waals surface area contributed by atoms with Crippen LogP contribution in [0.2, 0.25) is 0 Å². The lowest BCUT2D eigenvalue weighted by Gasteiger charge is -2.18. The normalized spacial score (nSPS) is 10.6. The van der Waals surface area contributed by atoms with Crippen molar-refractivity contribution in [3.63, 3.8) is 0 Å². The summed E-state index contributed by atoms with van der Waals surface area (Å²) in [6, 6.07) is 34.5. The molecule has 0 aliphatic rings. The first-order valence-electron chi connectivity index (χ1n) is 12.2. The first kappa shape index (κ1) is 25.4. The van der Waals surface area contributed by atoms with Crippen molar-refractivity contribution >= 4 is 17.6 Å². The van der Waals surface area contributed by atoms with E-state index in [1.54, 1.807) is 36.4 Å². The van der Waals surface area contributed by atoms with Crippen LogP contribution in [0.5, 0.6) is 0 Å². The smallest absolute Gasteiger partial charge is 0.251 e. The summed E-state index contributed by atoms with van der Waals surface area (Å²) in [6.07, 6.45) is 0.789. The van der Waals surface area contributed by atoms with Crippen molar-refractivity contribution in [3.8, 4) is 0 Å².